The van der Waals surface area contributed by atoms with Crippen LogP contribution < -0.4 is 4.74 Å². The van der Waals surface area contributed by atoms with Crippen LogP contribution >= 0.6 is 0 Å². The van der Waals surface area contributed by atoms with Gasteiger partial charge in [-0.3, -0.25) is 4.79 Å². The summed E-state index contributed by atoms with van der Waals surface area (Å²) in [5, 5.41) is 0. The molecule has 1 aromatic rings. The van der Waals surface area contributed by atoms with E-state index in [2.05, 4.69) is 0 Å². The molecule has 3 heteroatoms. The van der Waals surface area contributed by atoms with Gasteiger partial charge in [-0.05, 0) is 19.9 Å². The maximum absolute atomic E-state index is 12.0. The molecule has 0 amide bonds. The van der Waals surface area contributed by atoms with Crippen LogP contribution in [0.3, 0.4) is 0 Å². The summed E-state index contributed by atoms with van der Waals surface area (Å²) in [7, 11) is 3.14. The number of rotatable bonds is 5. The van der Waals surface area contributed by atoms with E-state index in [1.807, 2.05) is 24.3 Å². The molecule has 3 nitrogen and oxygen atoms in total. The second kappa shape index (κ2) is 5.12. The average Bonchev–Trinajstić information content (AvgIpc) is 2.29. The molecule has 0 spiro atoms. The van der Waals surface area contributed by atoms with Crippen molar-refractivity contribution in [2.45, 2.75) is 25.9 Å². The maximum Gasteiger partial charge on any atom is 0.168 e. The molecule has 1 rings (SSSR count). The van der Waals surface area contributed by atoms with E-state index in [4.69, 9.17) is 9.47 Å². The van der Waals surface area contributed by atoms with Crippen LogP contribution in [-0.4, -0.2) is 25.6 Å². The fourth-order valence-electron chi connectivity index (χ4n) is 1.35. The van der Waals surface area contributed by atoms with Gasteiger partial charge < -0.3 is 9.47 Å². The average molecular weight is 222 g/mol. The van der Waals surface area contributed by atoms with E-state index in [-0.39, 0.29) is 5.78 Å². The largest absolute Gasteiger partial charge is 0.496 e. The third kappa shape index (κ3) is 2.83. The SMILES string of the molecule is COc1ccccc1CC(=O)C(C)(C)OC. The molecule has 16 heavy (non-hydrogen) atoms. The van der Waals surface area contributed by atoms with Crippen LogP contribution in [0.25, 0.3) is 0 Å². The zero-order valence-corrected chi connectivity index (χ0v) is 10.2. The first kappa shape index (κ1) is 12.7. The number of hydrogen-bond donors (Lipinski definition) is 0. The number of carbonyl (C=O) groups is 1. The van der Waals surface area contributed by atoms with Gasteiger partial charge in [-0.15, -0.1) is 0 Å². The molecule has 0 N–H and O–H groups in total. The molecule has 0 saturated carbocycles. The van der Waals surface area contributed by atoms with Crippen molar-refractivity contribution >= 4 is 5.78 Å². The van der Waals surface area contributed by atoms with Gasteiger partial charge in [-0.25, -0.2) is 0 Å². The highest BCUT2D eigenvalue weighted by Crippen LogP contribution is 2.21. The summed E-state index contributed by atoms with van der Waals surface area (Å²) in [6.07, 6.45) is 0.324. The van der Waals surface area contributed by atoms with E-state index in [1.54, 1.807) is 28.1 Å². The van der Waals surface area contributed by atoms with Crippen LogP contribution in [0.4, 0.5) is 0 Å². The maximum atomic E-state index is 12.0. The third-order valence-electron chi connectivity index (χ3n) is 2.73. The Morgan fingerprint density at radius 1 is 1.25 bits per heavy atom. The Hall–Kier alpha value is -1.35. The standard InChI is InChI=1S/C13H18O3/c1-13(2,16-4)12(14)9-10-7-5-6-8-11(10)15-3/h5-8H,9H2,1-4H3. The number of methoxy groups -OCH3 is 2. The summed E-state index contributed by atoms with van der Waals surface area (Å²) >= 11 is 0. The Bertz CT molecular complexity index is 369. The first-order chi connectivity index (χ1) is 7.51. The fraction of sp³-hybridized carbons (Fsp3) is 0.462. The summed E-state index contributed by atoms with van der Waals surface area (Å²) < 4.78 is 10.4. The number of benzene rings is 1. The molecule has 0 bridgehead atoms. The lowest BCUT2D eigenvalue weighted by Gasteiger charge is -2.21. The smallest absolute Gasteiger partial charge is 0.168 e. The number of para-hydroxylation sites is 1. The number of Topliss-reactive ketones (excluding diaryl/α,β-unsaturated/α-hetero) is 1. The predicted molar refractivity (Wildman–Crippen MR) is 62.8 cm³/mol. The Morgan fingerprint density at radius 2 is 1.88 bits per heavy atom. The van der Waals surface area contributed by atoms with Gasteiger partial charge in [0.2, 0.25) is 0 Å². The number of carbonyl (C=O) groups excluding carboxylic acids is 1. The van der Waals surface area contributed by atoms with Crippen LogP contribution in [0.5, 0.6) is 5.75 Å². The van der Waals surface area contributed by atoms with Crippen molar-refractivity contribution in [1.82, 2.24) is 0 Å². The Balaban J connectivity index is 2.85. The van der Waals surface area contributed by atoms with Gasteiger partial charge in [0.1, 0.15) is 11.4 Å². The first-order valence-corrected chi connectivity index (χ1v) is 5.21. The molecule has 0 saturated heterocycles. The van der Waals surface area contributed by atoms with Crippen LogP contribution in [-0.2, 0) is 16.0 Å². The highest BCUT2D eigenvalue weighted by molar-refractivity contribution is 5.88. The van der Waals surface area contributed by atoms with Gasteiger partial charge in [0.15, 0.2) is 5.78 Å². The predicted octanol–water partition coefficient (Wildman–Crippen LogP) is 2.23. The van der Waals surface area contributed by atoms with Gasteiger partial charge >= 0.3 is 0 Å². The van der Waals surface area contributed by atoms with Gasteiger partial charge in [0, 0.05) is 19.1 Å². The number of ketones is 1. The topological polar surface area (TPSA) is 35.5 Å². The molecule has 0 aromatic heterocycles. The number of hydrogen-bond acceptors (Lipinski definition) is 3. The highest BCUT2D eigenvalue weighted by Gasteiger charge is 2.27. The van der Waals surface area contributed by atoms with Gasteiger partial charge in [-0.1, -0.05) is 18.2 Å². The summed E-state index contributed by atoms with van der Waals surface area (Å²) in [6.45, 7) is 3.54. The van der Waals surface area contributed by atoms with Crippen molar-refractivity contribution in [1.29, 1.82) is 0 Å². The molecule has 0 heterocycles. The third-order valence-corrected chi connectivity index (χ3v) is 2.73. The minimum Gasteiger partial charge on any atom is -0.496 e. The summed E-state index contributed by atoms with van der Waals surface area (Å²) in [5.74, 6) is 0.780. The quantitative estimate of drug-likeness (QED) is 0.766. The molecule has 0 unspecified atom stereocenters. The summed E-state index contributed by atoms with van der Waals surface area (Å²) in [4.78, 5) is 12.0. The molecule has 0 aliphatic rings. The molecular formula is C13H18O3. The lowest BCUT2D eigenvalue weighted by molar-refractivity contribution is -0.136. The van der Waals surface area contributed by atoms with E-state index >= 15 is 0 Å². The molecule has 0 aliphatic carbocycles. The molecular weight excluding hydrogens is 204 g/mol. The van der Waals surface area contributed by atoms with Crippen molar-refractivity contribution < 1.29 is 14.3 Å². The molecule has 0 aliphatic heterocycles. The molecule has 0 radical (unpaired) electrons. The van der Waals surface area contributed by atoms with Crippen LogP contribution in [0, 0.1) is 0 Å². The fourth-order valence-corrected chi connectivity index (χ4v) is 1.35. The lowest BCUT2D eigenvalue weighted by Crippen LogP contribution is -2.35. The van der Waals surface area contributed by atoms with Crippen molar-refractivity contribution in [3.8, 4) is 5.75 Å². The van der Waals surface area contributed by atoms with Crippen molar-refractivity contribution in [2.75, 3.05) is 14.2 Å². The zero-order valence-electron chi connectivity index (χ0n) is 10.2. The monoisotopic (exact) mass is 222 g/mol. The van der Waals surface area contributed by atoms with Gasteiger partial charge in [-0.2, -0.15) is 0 Å². The van der Waals surface area contributed by atoms with Crippen LogP contribution in [0.15, 0.2) is 24.3 Å². The minimum absolute atomic E-state index is 0.0412. The Labute approximate surface area is 96.4 Å². The van der Waals surface area contributed by atoms with Crippen molar-refractivity contribution in [3.63, 3.8) is 0 Å². The Kier molecular flexibility index (Phi) is 4.07. The minimum atomic E-state index is -0.749. The first-order valence-electron chi connectivity index (χ1n) is 5.21. The molecule has 88 valence electrons. The van der Waals surface area contributed by atoms with Gasteiger partial charge in [0.05, 0.1) is 7.11 Å². The molecule has 1 aromatic carbocycles. The second-order valence-electron chi connectivity index (χ2n) is 4.13. The van der Waals surface area contributed by atoms with E-state index in [0.29, 0.717) is 6.42 Å². The number of ether oxygens (including phenoxy) is 2. The highest BCUT2D eigenvalue weighted by atomic mass is 16.5. The summed E-state index contributed by atoms with van der Waals surface area (Å²) in [5.41, 5.74) is 0.140. The van der Waals surface area contributed by atoms with Crippen LogP contribution in [0.2, 0.25) is 0 Å². The second-order valence-corrected chi connectivity index (χ2v) is 4.13. The van der Waals surface area contributed by atoms with E-state index in [9.17, 15) is 4.79 Å². The zero-order chi connectivity index (χ0) is 12.2. The van der Waals surface area contributed by atoms with E-state index in [1.165, 1.54) is 0 Å². The van der Waals surface area contributed by atoms with Gasteiger partial charge in [0.25, 0.3) is 0 Å². The van der Waals surface area contributed by atoms with Crippen LogP contribution in [0.1, 0.15) is 19.4 Å². The van der Waals surface area contributed by atoms with Crippen molar-refractivity contribution in [3.05, 3.63) is 29.8 Å². The molecule has 0 atom stereocenters. The lowest BCUT2D eigenvalue weighted by atomic mass is 9.96. The van der Waals surface area contributed by atoms with Crippen molar-refractivity contribution in [2.24, 2.45) is 0 Å². The Morgan fingerprint density at radius 3 is 2.44 bits per heavy atom. The molecule has 0 fully saturated rings. The normalized spacial score (nSPS) is 11.2. The summed E-state index contributed by atoms with van der Waals surface area (Å²) in [6, 6.07) is 7.52. The van der Waals surface area contributed by atoms with E-state index in [0.717, 1.165) is 11.3 Å². The van der Waals surface area contributed by atoms with E-state index < -0.39 is 5.60 Å².